The lowest BCUT2D eigenvalue weighted by atomic mass is 9.92. The zero-order valence-corrected chi connectivity index (χ0v) is 24.4. The van der Waals surface area contributed by atoms with E-state index in [1.165, 1.54) is 30.6 Å². The average Bonchev–Trinajstić information content (AvgIpc) is 3.32. The molecule has 1 aromatic carbocycles. The molecule has 0 aliphatic carbocycles. The second-order valence-corrected chi connectivity index (χ2v) is 11.7. The number of thiophene rings is 1. The van der Waals surface area contributed by atoms with Crippen LogP contribution in [0.25, 0.3) is 21.3 Å². The van der Waals surface area contributed by atoms with Crippen LogP contribution in [-0.2, 0) is 0 Å². The van der Waals surface area contributed by atoms with Gasteiger partial charge in [0.15, 0.2) is 0 Å². The van der Waals surface area contributed by atoms with Gasteiger partial charge in [-0.2, -0.15) is 0 Å². The fourth-order valence-corrected chi connectivity index (χ4v) is 6.34. The lowest BCUT2D eigenvalue weighted by molar-refractivity contribution is 0.100. The normalized spacial score (nSPS) is 15.6. The number of pyridine rings is 1. The Kier molecular flexibility index (Phi) is 8.07. The van der Waals surface area contributed by atoms with Gasteiger partial charge >= 0.3 is 0 Å². The van der Waals surface area contributed by atoms with Crippen molar-refractivity contribution in [3.63, 3.8) is 0 Å². The molecule has 1 unspecified atom stereocenters. The third kappa shape index (κ3) is 5.54. The molecule has 0 spiro atoms. The van der Waals surface area contributed by atoms with Gasteiger partial charge in [-0.1, -0.05) is 13.8 Å². The first kappa shape index (κ1) is 27.6. The molecule has 0 radical (unpaired) electrons. The van der Waals surface area contributed by atoms with Gasteiger partial charge in [-0.3, -0.25) is 4.79 Å². The van der Waals surface area contributed by atoms with Crippen molar-refractivity contribution >= 4 is 44.8 Å². The third-order valence-electron chi connectivity index (χ3n) is 7.11. The topological polar surface area (TPSA) is 115 Å². The third-order valence-corrected chi connectivity index (χ3v) is 8.24. The lowest BCUT2D eigenvalue weighted by Gasteiger charge is -2.40. The van der Waals surface area contributed by atoms with Crippen LogP contribution in [0.1, 0.15) is 56.6 Å². The molecule has 40 heavy (non-hydrogen) atoms. The highest BCUT2D eigenvalue weighted by atomic mass is 32.1. The van der Waals surface area contributed by atoms with Gasteiger partial charge in [0.25, 0.3) is 5.91 Å². The number of carbonyl (C=O) groups is 1. The molecule has 3 N–H and O–H groups in total. The van der Waals surface area contributed by atoms with Gasteiger partial charge < -0.3 is 25.4 Å². The summed E-state index contributed by atoms with van der Waals surface area (Å²) in [7, 11) is 1.54. The van der Waals surface area contributed by atoms with E-state index >= 15 is 0 Å². The van der Waals surface area contributed by atoms with Crippen molar-refractivity contribution in [3.8, 4) is 22.8 Å². The summed E-state index contributed by atoms with van der Waals surface area (Å²) in [6, 6.07) is 10.4. The molecular formula is C30H36N6O3S. The molecule has 9 nitrogen and oxygen atoms in total. The Morgan fingerprint density at radius 2 is 2.00 bits per heavy atom. The van der Waals surface area contributed by atoms with Crippen molar-refractivity contribution in [2.45, 2.75) is 59.1 Å². The second-order valence-electron chi connectivity index (χ2n) is 10.6. The van der Waals surface area contributed by atoms with Crippen molar-refractivity contribution in [3.05, 3.63) is 47.6 Å². The number of hydrogen-bond acceptors (Lipinski definition) is 9. The van der Waals surface area contributed by atoms with Gasteiger partial charge in [0, 0.05) is 41.7 Å². The second kappa shape index (κ2) is 11.7. The highest BCUT2D eigenvalue weighted by Crippen LogP contribution is 2.41. The monoisotopic (exact) mass is 560 g/mol. The van der Waals surface area contributed by atoms with Crippen LogP contribution in [-0.4, -0.2) is 46.7 Å². The molecule has 1 saturated heterocycles. The summed E-state index contributed by atoms with van der Waals surface area (Å²) in [4.78, 5) is 29.0. The van der Waals surface area contributed by atoms with Crippen molar-refractivity contribution in [2.75, 3.05) is 23.9 Å². The Labute approximate surface area is 238 Å². The molecule has 210 valence electrons. The Hall–Kier alpha value is -3.92. The number of aromatic nitrogens is 3. The smallest absolute Gasteiger partial charge is 0.259 e. The Balaban J connectivity index is 1.55. The molecule has 5 rings (SSSR count). The molecular weight excluding hydrogens is 524 g/mol. The fourth-order valence-electron chi connectivity index (χ4n) is 5.36. The van der Waals surface area contributed by atoms with Gasteiger partial charge in [0.05, 0.1) is 35.3 Å². The van der Waals surface area contributed by atoms with E-state index in [2.05, 4.69) is 46.2 Å². The molecule has 1 aliphatic rings. The van der Waals surface area contributed by atoms with E-state index in [1.54, 1.807) is 25.6 Å². The van der Waals surface area contributed by atoms with Gasteiger partial charge in [0.2, 0.25) is 11.8 Å². The summed E-state index contributed by atoms with van der Waals surface area (Å²) in [6.45, 7) is 9.66. The van der Waals surface area contributed by atoms with E-state index in [1.807, 2.05) is 26.0 Å². The van der Waals surface area contributed by atoms with Crippen LogP contribution >= 0.6 is 11.3 Å². The van der Waals surface area contributed by atoms with Crippen LogP contribution in [0.4, 0.5) is 17.3 Å². The number of nitrogens with one attached hydrogen (secondary N) is 1. The molecule has 1 fully saturated rings. The van der Waals surface area contributed by atoms with Crippen molar-refractivity contribution < 1.29 is 14.3 Å². The Morgan fingerprint density at radius 1 is 1.18 bits per heavy atom. The highest BCUT2D eigenvalue weighted by Gasteiger charge is 2.27. The number of rotatable bonds is 9. The largest absolute Gasteiger partial charge is 0.489 e. The van der Waals surface area contributed by atoms with E-state index in [-0.39, 0.29) is 6.10 Å². The number of fused-ring (bicyclic) bond motifs is 1. The van der Waals surface area contributed by atoms with E-state index in [0.717, 1.165) is 28.4 Å². The van der Waals surface area contributed by atoms with Gasteiger partial charge in [-0.05, 0) is 63.3 Å². The molecule has 10 heteroatoms. The SMILES string of the molecule is COc1ncccc1-c1c(C(N)=O)sc2cnc(Nc3ccc(N4CCCCC4C(C)C)cc3OC(C)C)nc12. The minimum Gasteiger partial charge on any atom is -0.489 e. The molecule has 1 aliphatic heterocycles. The first-order valence-corrected chi connectivity index (χ1v) is 14.5. The van der Waals surface area contributed by atoms with E-state index in [4.69, 9.17) is 20.2 Å². The van der Waals surface area contributed by atoms with E-state index in [9.17, 15) is 4.79 Å². The van der Waals surface area contributed by atoms with Gasteiger partial charge in [-0.25, -0.2) is 15.0 Å². The molecule has 0 saturated carbocycles. The number of benzene rings is 1. The lowest BCUT2D eigenvalue weighted by Crippen LogP contribution is -2.42. The summed E-state index contributed by atoms with van der Waals surface area (Å²) in [5.41, 5.74) is 9.51. The number of carbonyl (C=O) groups excluding carboxylic acids is 1. The van der Waals surface area contributed by atoms with Crippen LogP contribution in [0, 0.1) is 5.92 Å². The molecule has 3 aromatic heterocycles. The number of hydrogen-bond donors (Lipinski definition) is 2. The van der Waals surface area contributed by atoms with Gasteiger partial charge in [-0.15, -0.1) is 11.3 Å². The summed E-state index contributed by atoms with van der Waals surface area (Å²) < 4.78 is 12.5. The number of nitrogens with two attached hydrogens (primary N) is 1. The maximum Gasteiger partial charge on any atom is 0.259 e. The standard InChI is InChI=1S/C30H36N6O3S/c1-17(2)22-10-6-7-14-36(22)19-11-12-21(23(15-19)39-18(3)4)34-30-33-16-24-26(35-30)25(27(40-24)28(31)37)20-9-8-13-32-29(20)38-5/h8-9,11-13,15-18,22H,6-7,10,14H2,1-5H3,(H2,31,37)(H,33,34,35). The van der Waals surface area contributed by atoms with Crippen molar-refractivity contribution in [1.82, 2.24) is 15.0 Å². The van der Waals surface area contributed by atoms with Crippen molar-refractivity contribution in [2.24, 2.45) is 11.7 Å². The number of methoxy groups -OCH3 is 1. The molecule has 1 amide bonds. The van der Waals surface area contributed by atoms with Crippen LogP contribution in [0.2, 0.25) is 0 Å². The Bertz CT molecular complexity index is 1520. The summed E-state index contributed by atoms with van der Waals surface area (Å²) in [5.74, 6) is 1.53. The van der Waals surface area contributed by atoms with Crippen LogP contribution in [0.5, 0.6) is 11.6 Å². The predicted molar refractivity (Wildman–Crippen MR) is 161 cm³/mol. The zero-order chi connectivity index (χ0) is 28.4. The summed E-state index contributed by atoms with van der Waals surface area (Å²) >= 11 is 1.25. The number of anilines is 3. The minimum absolute atomic E-state index is 0.0129. The van der Waals surface area contributed by atoms with E-state index in [0.29, 0.717) is 45.3 Å². The first-order valence-electron chi connectivity index (χ1n) is 13.7. The van der Waals surface area contributed by atoms with E-state index < -0.39 is 5.91 Å². The first-order chi connectivity index (χ1) is 19.3. The minimum atomic E-state index is -0.543. The number of primary amides is 1. The van der Waals surface area contributed by atoms with Crippen LogP contribution in [0.15, 0.2) is 42.7 Å². The number of nitrogens with zero attached hydrogens (tertiary/aromatic N) is 4. The molecule has 4 aromatic rings. The highest BCUT2D eigenvalue weighted by molar-refractivity contribution is 7.21. The van der Waals surface area contributed by atoms with Crippen LogP contribution in [0.3, 0.4) is 0 Å². The average molecular weight is 561 g/mol. The maximum atomic E-state index is 12.4. The maximum absolute atomic E-state index is 12.4. The summed E-state index contributed by atoms with van der Waals surface area (Å²) in [6.07, 6.45) is 6.98. The molecule has 1 atom stereocenters. The number of piperidine rings is 1. The zero-order valence-electron chi connectivity index (χ0n) is 23.6. The van der Waals surface area contributed by atoms with Gasteiger partial charge in [0.1, 0.15) is 10.6 Å². The Morgan fingerprint density at radius 3 is 2.73 bits per heavy atom. The summed E-state index contributed by atoms with van der Waals surface area (Å²) in [5, 5.41) is 3.36. The fraction of sp³-hybridized carbons (Fsp3) is 0.400. The molecule has 4 heterocycles. The van der Waals surface area contributed by atoms with Crippen LogP contribution < -0.4 is 25.4 Å². The number of ether oxygens (including phenoxy) is 2. The van der Waals surface area contributed by atoms with Crippen molar-refractivity contribution in [1.29, 1.82) is 0 Å². The predicted octanol–water partition coefficient (Wildman–Crippen LogP) is 6.41. The molecule has 0 bridgehead atoms. The quantitative estimate of drug-likeness (QED) is 0.241. The number of amides is 1.